The van der Waals surface area contributed by atoms with Gasteiger partial charge in [0.25, 0.3) is 0 Å². The third kappa shape index (κ3) is 2.29. The highest BCUT2D eigenvalue weighted by molar-refractivity contribution is 5.90. The molecule has 3 N–H and O–H groups in total. The maximum atomic E-state index is 11.2. The maximum absolute atomic E-state index is 11.2. The van der Waals surface area contributed by atoms with Crippen LogP contribution >= 0.6 is 0 Å². The van der Waals surface area contributed by atoms with Crippen LogP contribution in [0.1, 0.15) is 0 Å². The van der Waals surface area contributed by atoms with E-state index in [1.807, 2.05) is 0 Å². The molecule has 5 heteroatoms. The molecule has 0 unspecified atom stereocenters. The zero-order valence-electron chi connectivity index (χ0n) is 7.98. The number of amides is 2. The highest BCUT2D eigenvalue weighted by Gasteiger charge is 2.07. The van der Waals surface area contributed by atoms with Crippen LogP contribution < -0.4 is 5.32 Å². The summed E-state index contributed by atoms with van der Waals surface area (Å²) >= 11 is 0. The van der Waals surface area contributed by atoms with Gasteiger partial charge in [0.2, 0.25) is 0 Å². The molecule has 0 radical (unpaired) electrons. The Morgan fingerprint density at radius 2 is 2.00 bits per heavy atom. The smallest absolute Gasteiger partial charge is 0.321 e. The molecule has 1 aromatic rings. The SMILES string of the molecule is CN(C)C(=O)Nc1ccc(O)cc1O. The van der Waals surface area contributed by atoms with Crippen LogP contribution in [-0.2, 0) is 0 Å². The number of rotatable bonds is 1. The summed E-state index contributed by atoms with van der Waals surface area (Å²) in [5, 5.41) is 20.8. The molecule has 0 heterocycles. The van der Waals surface area contributed by atoms with Crippen molar-refractivity contribution in [2.75, 3.05) is 19.4 Å². The van der Waals surface area contributed by atoms with Gasteiger partial charge in [-0.05, 0) is 12.1 Å². The quantitative estimate of drug-likeness (QED) is 0.466. The molecule has 14 heavy (non-hydrogen) atoms. The summed E-state index contributed by atoms with van der Waals surface area (Å²) in [7, 11) is 3.18. The number of phenolic OH excluding ortho intramolecular Hbond substituents is 2. The van der Waals surface area contributed by atoms with E-state index in [1.165, 1.54) is 17.0 Å². The third-order valence-corrected chi connectivity index (χ3v) is 1.63. The van der Waals surface area contributed by atoms with E-state index in [4.69, 9.17) is 5.11 Å². The lowest BCUT2D eigenvalue weighted by Gasteiger charge is -2.12. The lowest BCUT2D eigenvalue weighted by Crippen LogP contribution is -2.27. The van der Waals surface area contributed by atoms with Gasteiger partial charge in [0.15, 0.2) is 0 Å². The number of carbonyl (C=O) groups is 1. The summed E-state index contributed by atoms with van der Waals surface area (Å²) < 4.78 is 0. The van der Waals surface area contributed by atoms with E-state index in [-0.39, 0.29) is 23.2 Å². The average molecular weight is 196 g/mol. The Balaban J connectivity index is 2.82. The Kier molecular flexibility index (Phi) is 2.81. The Morgan fingerprint density at radius 1 is 1.36 bits per heavy atom. The van der Waals surface area contributed by atoms with Crippen molar-refractivity contribution < 1.29 is 15.0 Å². The van der Waals surface area contributed by atoms with Gasteiger partial charge in [-0.2, -0.15) is 0 Å². The highest BCUT2D eigenvalue weighted by atomic mass is 16.3. The number of benzene rings is 1. The summed E-state index contributed by atoms with van der Waals surface area (Å²) in [6.45, 7) is 0. The molecule has 0 bridgehead atoms. The molecule has 0 fully saturated rings. The molecular weight excluding hydrogens is 184 g/mol. The topological polar surface area (TPSA) is 72.8 Å². The van der Waals surface area contributed by atoms with Gasteiger partial charge >= 0.3 is 6.03 Å². The van der Waals surface area contributed by atoms with Crippen LogP contribution in [0.2, 0.25) is 0 Å². The molecule has 0 aliphatic heterocycles. The van der Waals surface area contributed by atoms with Crippen LogP contribution in [0.5, 0.6) is 11.5 Å². The molecule has 0 aliphatic carbocycles. The van der Waals surface area contributed by atoms with Gasteiger partial charge < -0.3 is 20.4 Å². The Bertz CT molecular complexity index is 350. The van der Waals surface area contributed by atoms with Crippen LogP contribution in [-0.4, -0.2) is 35.2 Å². The molecule has 1 aromatic carbocycles. The largest absolute Gasteiger partial charge is 0.508 e. The Morgan fingerprint density at radius 3 is 2.50 bits per heavy atom. The first-order chi connectivity index (χ1) is 6.50. The van der Waals surface area contributed by atoms with E-state index < -0.39 is 0 Å². The van der Waals surface area contributed by atoms with Gasteiger partial charge in [0.05, 0.1) is 5.69 Å². The third-order valence-electron chi connectivity index (χ3n) is 1.63. The molecule has 76 valence electrons. The minimum Gasteiger partial charge on any atom is -0.508 e. The second kappa shape index (κ2) is 3.87. The standard InChI is InChI=1S/C9H12N2O3/c1-11(2)9(14)10-7-4-3-6(12)5-8(7)13/h3-5,12-13H,1-2H3,(H,10,14). The highest BCUT2D eigenvalue weighted by Crippen LogP contribution is 2.27. The summed E-state index contributed by atoms with van der Waals surface area (Å²) in [4.78, 5) is 12.5. The maximum Gasteiger partial charge on any atom is 0.321 e. The number of anilines is 1. The second-order valence-corrected chi connectivity index (χ2v) is 3.03. The molecule has 2 amide bonds. The van der Waals surface area contributed by atoms with Crippen LogP contribution in [0.4, 0.5) is 10.5 Å². The van der Waals surface area contributed by atoms with E-state index in [9.17, 15) is 9.90 Å². The predicted octanol–water partition coefficient (Wildman–Crippen LogP) is 1.19. The Hall–Kier alpha value is -1.91. The first-order valence-corrected chi connectivity index (χ1v) is 4.01. The van der Waals surface area contributed by atoms with Gasteiger partial charge in [-0.3, -0.25) is 0 Å². The van der Waals surface area contributed by atoms with Crippen molar-refractivity contribution in [2.45, 2.75) is 0 Å². The first kappa shape index (κ1) is 10.2. The van der Waals surface area contributed by atoms with Crippen LogP contribution in [0.25, 0.3) is 0 Å². The monoisotopic (exact) mass is 196 g/mol. The van der Waals surface area contributed by atoms with Gasteiger partial charge in [0.1, 0.15) is 11.5 Å². The average Bonchev–Trinajstić information content (AvgIpc) is 2.09. The Labute approximate surface area is 81.6 Å². The van der Waals surface area contributed by atoms with Crippen LogP contribution in [0.15, 0.2) is 18.2 Å². The zero-order valence-corrected chi connectivity index (χ0v) is 7.98. The molecule has 0 saturated heterocycles. The van der Waals surface area contributed by atoms with Crippen molar-refractivity contribution in [1.29, 1.82) is 0 Å². The van der Waals surface area contributed by atoms with Crippen molar-refractivity contribution in [2.24, 2.45) is 0 Å². The zero-order chi connectivity index (χ0) is 10.7. The minimum atomic E-state index is -0.342. The van der Waals surface area contributed by atoms with Crippen LogP contribution in [0.3, 0.4) is 0 Å². The fraction of sp³-hybridized carbons (Fsp3) is 0.222. The minimum absolute atomic E-state index is 0.0506. The van der Waals surface area contributed by atoms with E-state index in [1.54, 1.807) is 14.1 Å². The molecule has 0 aliphatic rings. The summed E-state index contributed by atoms with van der Waals surface area (Å²) in [5.74, 6) is -0.217. The lowest BCUT2D eigenvalue weighted by molar-refractivity contribution is 0.230. The van der Waals surface area contributed by atoms with Crippen molar-refractivity contribution >= 4 is 11.7 Å². The normalized spacial score (nSPS) is 9.57. The number of nitrogens with one attached hydrogen (secondary N) is 1. The second-order valence-electron chi connectivity index (χ2n) is 3.03. The van der Waals surface area contributed by atoms with Gasteiger partial charge in [-0.25, -0.2) is 4.79 Å². The first-order valence-electron chi connectivity index (χ1n) is 4.01. The lowest BCUT2D eigenvalue weighted by atomic mass is 10.3. The van der Waals surface area contributed by atoms with Crippen molar-refractivity contribution in [3.63, 3.8) is 0 Å². The molecule has 0 atom stereocenters. The molecule has 0 saturated carbocycles. The van der Waals surface area contributed by atoms with E-state index in [2.05, 4.69) is 5.32 Å². The fourth-order valence-corrected chi connectivity index (χ4v) is 0.853. The molecule has 5 nitrogen and oxygen atoms in total. The number of carbonyl (C=O) groups excluding carboxylic acids is 1. The molecule has 0 spiro atoms. The van der Waals surface area contributed by atoms with Gasteiger partial charge in [0, 0.05) is 20.2 Å². The predicted molar refractivity (Wildman–Crippen MR) is 52.5 cm³/mol. The number of nitrogens with zero attached hydrogens (tertiary/aromatic N) is 1. The fourth-order valence-electron chi connectivity index (χ4n) is 0.853. The van der Waals surface area contributed by atoms with Gasteiger partial charge in [-0.1, -0.05) is 0 Å². The van der Waals surface area contributed by atoms with Crippen molar-refractivity contribution in [1.82, 2.24) is 4.90 Å². The van der Waals surface area contributed by atoms with E-state index in [0.717, 1.165) is 6.07 Å². The number of aromatic hydroxyl groups is 2. The molecular formula is C9H12N2O3. The van der Waals surface area contributed by atoms with Crippen molar-refractivity contribution in [3.8, 4) is 11.5 Å². The molecule has 0 aromatic heterocycles. The van der Waals surface area contributed by atoms with E-state index in [0.29, 0.717) is 0 Å². The van der Waals surface area contributed by atoms with Crippen molar-refractivity contribution in [3.05, 3.63) is 18.2 Å². The molecule has 1 rings (SSSR count). The summed E-state index contributed by atoms with van der Waals surface area (Å²) in [6, 6.07) is 3.62. The van der Waals surface area contributed by atoms with Crippen LogP contribution in [0, 0.1) is 0 Å². The van der Waals surface area contributed by atoms with E-state index >= 15 is 0 Å². The van der Waals surface area contributed by atoms with Gasteiger partial charge in [-0.15, -0.1) is 0 Å². The summed E-state index contributed by atoms with van der Waals surface area (Å²) in [5.41, 5.74) is 0.265. The summed E-state index contributed by atoms with van der Waals surface area (Å²) in [6.07, 6.45) is 0. The number of phenols is 2. The number of hydrogen-bond acceptors (Lipinski definition) is 3. The number of urea groups is 1. The number of hydrogen-bond donors (Lipinski definition) is 3.